The summed E-state index contributed by atoms with van der Waals surface area (Å²) in [4.78, 5) is 33.2. The van der Waals surface area contributed by atoms with Crippen molar-refractivity contribution in [3.63, 3.8) is 0 Å². The second kappa shape index (κ2) is 9.69. The average Bonchev–Trinajstić information content (AvgIpc) is 3.32. The van der Waals surface area contributed by atoms with Crippen LogP contribution in [0.3, 0.4) is 0 Å². The molecule has 0 radical (unpaired) electrons. The third kappa shape index (κ3) is 4.28. The number of carbonyl (C=O) groups excluding carboxylic acids is 2. The van der Waals surface area contributed by atoms with Gasteiger partial charge in [-0.3, -0.25) is 9.59 Å². The van der Waals surface area contributed by atoms with Crippen LogP contribution in [0.25, 0.3) is 0 Å². The lowest BCUT2D eigenvalue weighted by atomic mass is 9.94. The molecule has 1 atom stereocenters. The summed E-state index contributed by atoms with van der Waals surface area (Å²) in [7, 11) is 3.07. The van der Waals surface area contributed by atoms with Gasteiger partial charge in [-0.25, -0.2) is 4.98 Å². The van der Waals surface area contributed by atoms with E-state index in [1.54, 1.807) is 32.2 Å². The number of nitrogens with zero attached hydrogens (tertiary/aromatic N) is 2. The number of aryl methyl sites for hydroxylation is 2. The minimum atomic E-state index is -0.814. The summed E-state index contributed by atoms with van der Waals surface area (Å²) in [6.45, 7) is 3.88. The summed E-state index contributed by atoms with van der Waals surface area (Å²) in [6.07, 6.45) is 0.564. The fourth-order valence-electron chi connectivity index (χ4n) is 4.24. The molecule has 0 fully saturated rings. The highest BCUT2D eigenvalue weighted by molar-refractivity contribution is 7.14. The molecule has 3 aromatic rings. The van der Waals surface area contributed by atoms with Crippen LogP contribution in [0.2, 0.25) is 0 Å². The van der Waals surface area contributed by atoms with Crippen LogP contribution in [0.4, 0.5) is 0 Å². The number of benzene rings is 2. The Morgan fingerprint density at radius 2 is 1.85 bits per heavy atom. The van der Waals surface area contributed by atoms with E-state index in [-0.39, 0.29) is 5.57 Å². The van der Waals surface area contributed by atoms with Crippen LogP contribution in [0.15, 0.2) is 59.9 Å². The monoisotopic (exact) mass is 478 g/mol. The lowest BCUT2D eigenvalue weighted by molar-refractivity contribution is -0.129. The van der Waals surface area contributed by atoms with Gasteiger partial charge in [0.2, 0.25) is 5.78 Å². The maximum absolute atomic E-state index is 13.7. The van der Waals surface area contributed by atoms with E-state index in [4.69, 9.17) is 9.47 Å². The highest BCUT2D eigenvalue weighted by Crippen LogP contribution is 2.44. The number of hydrogen-bond donors (Lipinski definition) is 1. The second-order valence-corrected chi connectivity index (χ2v) is 9.19. The third-order valence-corrected chi connectivity index (χ3v) is 6.95. The maximum Gasteiger partial charge on any atom is 0.290 e. The Kier molecular flexibility index (Phi) is 6.70. The van der Waals surface area contributed by atoms with Crippen LogP contribution in [0.1, 0.15) is 37.5 Å². The van der Waals surface area contributed by atoms with Gasteiger partial charge in [0, 0.05) is 18.2 Å². The minimum Gasteiger partial charge on any atom is -0.503 e. The van der Waals surface area contributed by atoms with E-state index in [1.165, 1.54) is 23.3 Å². The molecule has 7 nitrogen and oxygen atoms in total. The van der Waals surface area contributed by atoms with Gasteiger partial charge in [-0.15, -0.1) is 11.3 Å². The Morgan fingerprint density at radius 3 is 2.47 bits per heavy atom. The molecule has 1 aromatic heterocycles. The molecule has 1 aliphatic heterocycles. The molecule has 2 aromatic carbocycles. The first-order chi connectivity index (χ1) is 16.3. The Morgan fingerprint density at radius 1 is 1.12 bits per heavy atom. The van der Waals surface area contributed by atoms with Gasteiger partial charge in [0.05, 0.1) is 41.4 Å². The third-order valence-electron chi connectivity index (χ3n) is 5.88. The van der Waals surface area contributed by atoms with Crippen LogP contribution >= 0.6 is 11.3 Å². The zero-order valence-corrected chi connectivity index (χ0v) is 20.3. The lowest BCUT2D eigenvalue weighted by Gasteiger charge is -2.28. The maximum atomic E-state index is 13.7. The first-order valence-corrected chi connectivity index (χ1v) is 11.7. The number of carbonyl (C=O) groups is 2. The van der Waals surface area contributed by atoms with Gasteiger partial charge >= 0.3 is 0 Å². The van der Waals surface area contributed by atoms with Crippen LogP contribution < -0.4 is 9.47 Å². The van der Waals surface area contributed by atoms with Gasteiger partial charge in [0.15, 0.2) is 5.76 Å². The highest BCUT2D eigenvalue weighted by Gasteiger charge is 2.45. The molecule has 0 saturated carbocycles. The normalized spacial score (nSPS) is 15.7. The van der Waals surface area contributed by atoms with Crippen molar-refractivity contribution in [2.45, 2.75) is 26.3 Å². The number of rotatable bonds is 8. The zero-order chi connectivity index (χ0) is 24.4. The molecule has 34 heavy (non-hydrogen) atoms. The number of methoxy groups -OCH3 is 2. The van der Waals surface area contributed by atoms with Crippen LogP contribution in [-0.4, -0.2) is 47.4 Å². The van der Waals surface area contributed by atoms with Crippen molar-refractivity contribution in [3.8, 4) is 11.5 Å². The van der Waals surface area contributed by atoms with Gasteiger partial charge in [-0.2, -0.15) is 0 Å². The Hall–Kier alpha value is -3.65. The molecular weight excluding hydrogens is 452 g/mol. The summed E-state index contributed by atoms with van der Waals surface area (Å²) in [5, 5.41) is 11.7. The largest absolute Gasteiger partial charge is 0.503 e. The molecule has 0 saturated heterocycles. The number of thiazole rings is 1. The number of aromatic nitrogens is 1. The van der Waals surface area contributed by atoms with Crippen molar-refractivity contribution in [2.75, 3.05) is 20.8 Å². The standard InChI is InChI=1S/C26H26N2O5S/c1-15-25(34-16(2)27-15)23(29)21-22(19-11-10-18(32-3)14-20(19)33-4)28(26(31)24(21)30)13-12-17-8-6-5-7-9-17/h5-11,14,22,30H,12-13H2,1-4H3. The van der Waals surface area contributed by atoms with Crippen molar-refractivity contribution in [1.29, 1.82) is 0 Å². The lowest BCUT2D eigenvalue weighted by Crippen LogP contribution is -2.33. The van der Waals surface area contributed by atoms with Gasteiger partial charge in [-0.1, -0.05) is 30.3 Å². The predicted molar refractivity (Wildman–Crippen MR) is 130 cm³/mol. The molecule has 1 aliphatic rings. The molecular formula is C26H26N2O5S. The fourth-order valence-corrected chi connectivity index (χ4v) is 5.12. The topological polar surface area (TPSA) is 89.0 Å². The predicted octanol–water partition coefficient (Wildman–Crippen LogP) is 4.60. The molecule has 4 rings (SSSR count). The summed E-state index contributed by atoms with van der Waals surface area (Å²) in [5.41, 5.74) is 2.25. The van der Waals surface area contributed by atoms with Crippen molar-refractivity contribution in [1.82, 2.24) is 9.88 Å². The van der Waals surface area contributed by atoms with E-state index in [9.17, 15) is 14.7 Å². The molecule has 0 aliphatic carbocycles. The Bertz CT molecular complexity index is 1270. The summed E-state index contributed by atoms with van der Waals surface area (Å²) in [5.74, 6) is -0.485. The van der Waals surface area contributed by atoms with Crippen LogP contribution in [0, 0.1) is 13.8 Å². The molecule has 1 unspecified atom stereocenters. The van der Waals surface area contributed by atoms with Crippen molar-refractivity contribution in [2.24, 2.45) is 0 Å². The van der Waals surface area contributed by atoms with Crippen LogP contribution in [0.5, 0.6) is 11.5 Å². The summed E-state index contributed by atoms with van der Waals surface area (Å²) < 4.78 is 10.9. The number of aliphatic hydroxyl groups excluding tert-OH is 1. The average molecular weight is 479 g/mol. The Balaban J connectivity index is 1.81. The quantitative estimate of drug-likeness (QED) is 0.476. The molecule has 176 valence electrons. The first-order valence-electron chi connectivity index (χ1n) is 10.8. The van der Waals surface area contributed by atoms with E-state index >= 15 is 0 Å². The number of hydrogen-bond acceptors (Lipinski definition) is 7. The second-order valence-electron chi connectivity index (χ2n) is 7.98. The van der Waals surface area contributed by atoms with Gasteiger partial charge in [-0.05, 0) is 38.0 Å². The number of ether oxygens (including phenoxy) is 2. The number of amides is 1. The molecule has 1 amide bonds. The van der Waals surface area contributed by atoms with E-state index < -0.39 is 23.5 Å². The van der Waals surface area contributed by atoms with E-state index in [1.807, 2.05) is 37.3 Å². The number of ketones is 1. The molecule has 1 N–H and O–H groups in total. The molecule has 8 heteroatoms. The SMILES string of the molecule is COc1ccc(C2C(C(=O)c3sc(C)nc3C)=C(O)C(=O)N2CCc2ccccc2)c(OC)c1. The first kappa shape index (κ1) is 23.5. The molecule has 2 heterocycles. The molecule has 0 bridgehead atoms. The smallest absolute Gasteiger partial charge is 0.290 e. The molecule has 0 spiro atoms. The summed E-state index contributed by atoms with van der Waals surface area (Å²) >= 11 is 1.25. The van der Waals surface area contributed by atoms with Crippen molar-refractivity contribution >= 4 is 23.0 Å². The van der Waals surface area contributed by atoms with E-state index in [2.05, 4.69) is 4.98 Å². The summed E-state index contributed by atoms with van der Waals surface area (Å²) in [6, 6.07) is 14.2. The van der Waals surface area contributed by atoms with Gasteiger partial charge in [0.25, 0.3) is 5.91 Å². The van der Waals surface area contributed by atoms with Gasteiger partial charge < -0.3 is 19.5 Å². The number of Topliss-reactive ketones (excluding diaryl/α,β-unsaturated/α-hetero) is 1. The number of aliphatic hydroxyl groups is 1. The highest BCUT2D eigenvalue weighted by atomic mass is 32.1. The minimum absolute atomic E-state index is 0.0354. The van der Waals surface area contributed by atoms with Crippen LogP contribution in [-0.2, 0) is 11.2 Å². The van der Waals surface area contributed by atoms with E-state index in [0.29, 0.717) is 40.6 Å². The van der Waals surface area contributed by atoms with Crippen molar-refractivity contribution < 1.29 is 24.2 Å². The van der Waals surface area contributed by atoms with E-state index in [0.717, 1.165) is 10.6 Å². The van der Waals surface area contributed by atoms with Gasteiger partial charge in [0.1, 0.15) is 11.5 Å². The Labute approximate surface area is 202 Å². The van der Waals surface area contributed by atoms with Crippen molar-refractivity contribution in [3.05, 3.63) is 86.6 Å². The zero-order valence-electron chi connectivity index (χ0n) is 19.5. The fraction of sp³-hybridized carbons (Fsp3) is 0.269.